The SMILES string of the molecule is CN(C)C1(CNS(=O)(=O)c2c(F)cc(N)cc2F)CCC1. The highest BCUT2D eigenvalue weighted by atomic mass is 32.2. The van der Waals surface area contributed by atoms with E-state index in [1.54, 1.807) is 0 Å². The number of nitrogen functional groups attached to an aromatic ring is 1. The lowest BCUT2D eigenvalue weighted by atomic mass is 9.76. The van der Waals surface area contributed by atoms with E-state index in [1.807, 2.05) is 19.0 Å². The number of anilines is 1. The molecule has 21 heavy (non-hydrogen) atoms. The average molecular weight is 319 g/mol. The van der Waals surface area contributed by atoms with Crippen LogP contribution in [0.2, 0.25) is 0 Å². The molecule has 0 saturated heterocycles. The summed E-state index contributed by atoms with van der Waals surface area (Å²) in [5, 5.41) is 0. The van der Waals surface area contributed by atoms with Crippen LogP contribution in [0.4, 0.5) is 14.5 Å². The van der Waals surface area contributed by atoms with Crippen LogP contribution < -0.4 is 10.5 Å². The van der Waals surface area contributed by atoms with Gasteiger partial charge in [0.15, 0.2) is 4.90 Å². The molecule has 8 heteroatoms. The number of sulfonamides is 1. The van der Waals surface area contributed by atoms with Crippen LogP contribution in [0, 0.1) is 11.6 Å². The van der Waals surface area contributed by atoms with Gasteiger partial charge in [-0.05, 0) is 45.5 Å². The van der Waals surface area contributed by atoms with Crippen molar-refractivity contribution >= 4 is 15.7 Å². The van der Waals surface area contributed by atoms with Gasteiger partial charge in [0.25, 0.3) is 0 Å². The minimum Gasteiger partial charge on any atom is -0.399 e. The van der Waals surface area contributed by atoms with Gasteiger partial charge >= 0.3 is 0 Å². The molecule has 1 fully saturated rings. The Morgan fingerprint density at radius 1 is 1.29 bits per heavy atom. The van der Waals surface area contributed by atoms with Crippen molar-refractivity contribution in [2.45, 2.75) is 29.7 Å². The second kappa shape index (κ2) is 5.51. The van der Waals surface area contributed by atoms with Crippen molar-refractivity contribution in [3.8, 4) is 0 Å². The van der Waals surface area contributed by atoms with E-state index in [0.717, 1.165) is 31.4 Å². The van der Waals surface area contributed by atoms with Crippen molar-refractivity contribution in [1.82, 2.24) is 9.62 Å². The number of nitrogens with two attached hydrogens (primary N) is 1. The van der Waals surface area contributed by atoms with E-state index in [0.29, 0.717) is 0 Å². The third-order valence-corrected chi connectivity index (χ3v) is 5.57. The van der Waals surface area contributed by atoms with E-state index in [1.165, 1.54) is 0 Å². The second-order valence-corrected chi connectivity index (χ2v) is 7.31. The summed E-state index contributed by atoms with van der Waals surface area (Å²) in [5.74, 6) is -2.37. The van der Waals surface area contributed by atoms with Gasteiger partial charge in [-0.25, -0.2) is 21.9 Å². The first-order valence-electron chi connectivity index (χ1n) is 6.60. The molecular formula is C13H19F2N3O2S. The Morgan fingerprint density at radius 3 is 2.19 bits per heavy atom. The van der Waals surface area contributed by atoms with Crippen LogP contribution in [0.3, 0.4) is 0 Å². The van der Waals surface area contributed by atoms with Crippen LogP contribution in [0.25, 0.3) is 0 Å². The predicted molar refractivity (Wildman–Crippen MR) is 76.2 cm³/mol. The van der Waals surface area contributed by atoms with Crippen molar-refractivity contribution < 1.29 is 17.2 Å². The fourth-order valence-electron chi connectivity index (χ4n) is 2.50. The molecule has 0 aliphatic heterocycles. The molecule has 0 amide bonds. The van der Waals surface area contributed by atoms with Gasteiger partial charge in [0.2, 0.25) is 10.0 Å². The third-order valence-electron chi connectivity index (χ3n) is 4.11. The molecule has 0 bridgehead atoms. The van der Waals surface area contributed by atoms with Gasteiger partial charge in [0.05, 0.1) is 0 Å². The maximum atomic E-state index is 13.7. The zero-order valence-electron chi connectivity index (χ0n) is 12.0. The number of likely N-dealkylation sites (N-methyl/N-ethyl adjacent to an activating group) is 1. The van der Waals surface area contributed by atoms with Crippen LogP contribution in [-0.2, 0) is 10.0 Å². The Kier molecular flexibility index (Phi) is 4.23. The first-order chi connectivity index (χ1) is 9.68. The van der Waals surface area contributed by atoms with E-state index in [-0.39, 0.29) is 17.8 Å². The molecule has 0 atom stereocenters. The molecule has 0 heterocycles. The summed E-state index contributed by atoms with van der Waals surface area (Å²) < 4.78 is 54.1. The van der Waals surface area contributed by atoms with Gasteiger partial charge in [-0.3, -0.25) is 0 Å². The van der Waals surface area contributed by atoms with Crippen molar-refractivity contribution in [2.75, 3.05) is 26.4 Å². The minimum absolute atomic E-state index is 0.117. The first kappa shape index (κ1) is 16.1. The molecule has 1 aromatic carbocycles. The Balaban J connectivity index is 2.24. The number of nitrogens with one attached hydrogen (secondary N) is 1. The lowest BCUT2D eigenvalue weighted by Gasteiger charge is -2.47. The van der Waals surface area contributed by atoms with Gasteiger partial charge in [-0.1, -0.05) is 0 Å². The lowest BCUT2D eigenvalue weighted by molar-refractivity contribution is 0.0656. The number of nitrogens with zero attached hydrogens (tertiary/aromatic N) is 1. The van der Waals surface area contributed by atoms with Crippen molar-refractivity contribution in [2.24, 2.45) is 0 Å². The Hall–Kier alpha value is -1.25. The van der Waals surface area contributed by atoms with Gasteiger partial charge in [0.1, 0.15) is 11.6 Å². The molecule has 1 aromatic rings. The zero-order valence-corrected chi connectivity index (χ0v) is 12.8. The molecule has 0 spiro atoms. The molecule has 1 saturated carbocycles. The van der Waals surface area contributed by atoms with Gasteiger partial charge in [-0.15, -0.1) is 0 Å². The summed E-state index contributed by atoms with van der Waals surface area (Å²) >= 11 is 0. The number of halogens is 2. The number of hydrogen-bond acceptors (Lipinski definition) is 4. The Bertz CT molecular complexity index is 620. The Morgan fingerprint density at radius 2 is 1.81 bits per heavy atom. The van der Waals surface area contributed by atoms with Crippen molar-refractivity contribution in [3.63, 3.8) is 0 Å². The standard InChI is InChI=1S/C13H19F2N3O2S/c1-18(2)13(4-3-5-13)8-17-21(19,20)12-10(14)6-9(16)7-11(12)15/h6-7,17H,3-5,8,16H2,1-2H3. The summed E-state index contributed by atoms with van der Waals surface area (Å²) in [6.45, 7) is 0.117. The normalized spacial score (nSPS) is 17.8. The van der Waals surface area contributed by atoms with Crippen LogP contribution in [0.1, 0.15) is 19.3 Å². The summed E-state index contributed by atoms with van der Waals surface area (Å²) in [5.41, 5.74) is 4.84. The molecule has 1 aliphatic rings. The fourth-order valence-corrected chi connectivity index (χ4v) is 3.74. The third kappa shape index (κ3) is 3.02. The molecule has 0 unspecified atom stereocenters. The van der Waals surface area contributed by atoms with Crippen LogP contribution in [0.5, 0.6) is 0 Å². The lowest BCUT2D eigenvalue weighted by Crippen LogP contribution is -2.57. The van der Waals surface area contributed by atoms with Gasteiger partial charge in [-0.2, -0.15) is 0 Å². The molecule has 1 aliphatic carbocycles. The molecule has 118 valence electrons. The van der Waals surface area contributed by atoms with E-state index in [2.05, 4.69) is 4.72 Å². The van der Waals surface area contributed by atoms with Crippen LogP contribution in [0.15, 0.2) is 17.0 Å². The summed E-state index contributed by atoms with van der Waals surface area (Å²) in [6, 6.07) is 1.59. The highest BCUT2D eigenvalue weighted by molar-refractivity contribution is 7.89. The summed E-state index contributed by atoms with van der Waals surface area (Å²) in [6.07, 6.45) is 2.69. The van der Waals surface area contributed by atoms with E-state index in [4.69, 9.17) is 5.73 Å². The topological polar surface area (TPSA) is 75.4 Å². The van der Waals surface area contributed by atoms with E-state index < -0.39 is 26.6 Å². The quantitative estimate of drug-likeness (QED) is 0.803. The molecule has 2 rings (SSSR count). The minimum atomic E-state index is -4.26. The van der Waals surface area contributed by atoms with Crippen LogP contribution >= 0.6 is 0 Å². The summed E-state index contributed by atoms with van der Waals surface area (Å²) in [4.78, 5) is 0.958. The van der Waals surface area contributed by atoms with Crippen LogP contribution in [-0.4, -0.2) is 39.5 Å². The second-order valence-electron chi connectivity index (χ2n) is 5.61. The number of hydrogen-bond donors (Lipinski definition) is 2. The highest BCUT2D eigenvalue weighted by Crippen LogP contribution is 2.36. The highest BCUT2D eigenvalue weighted by Gasteiger charge is 2.40. The maximum absolute atomic E-state index is 13.7. The smallest absolute Gasteiger partial charge is 0.246 e. The summed E-state index contributed by atoms with van der Waals surface area (Å²) in [7, 11) is -0.546. The van der Waals surface area contributed by atoms with Gasteiger partial charge in [0, 0.05) is 17.8 Å². The fraction of sp³-hybridized carbons (Fsp3) is 0.538. The molecule has 5 nitrogen and oxygen atoms in total. The molecule has 0 aromatic heterocycles. The van der Waals surface area contributed by atoms with Gasteiger partial charge < -0.3 is 10.6 Å². The largest absolute Gasteiger partial charge is 0.399 e. The predicted octanol–water partition coefficient (Wildman–Crippen LogP) is 1.31. The first-order valence-corrected chi connectivity index (χ1v) is 8.08. The number of rotatable bonds is 5. The van der Waals surface area contributed by atoms with Crippen molar-refractivity contribution in [3.05, 3.63) is 23.8 Å². The molecule has 3 N–H and O–H groups in total. The zero-order chi connectivity index (χ0) is 15.8. The maximum Gasteiger partial charge on any atom is 0.246 e. The Labute approximate surface area is 123 Å². The average Bonchev–Trinajstić information content (AvgIpc) is 2.24. The monoisotopic (exact) mass is 319 g/mol. The van der Waals surface area contributed by atoms with Crippen molar-refractivity contribution in [1.29, 1.82) is 0 Å². The van der Waals surface area contributed by atoms with E-state index in [9.17, 15) is 17.2 Å². The molecular weight excluding hydrogens is 300 g/mol. The molecule has 0 radical (unpaired) electrons. The van der Waals surface area contributed by atoms with E-state index >= 15 is 0 Å². The number of benzene rings is 1.